The van der Waals surface area contributed by atoms with E-state index in [-0.39, 0.29) is 5.82 Å². The second kappa shape index (κ2) is 7.73. The highest BCUT2D eigenvalue weighted by Gasteiger charge is 2.34. The molecule has 0 aliphatic carbocycles. The van der Waals surface area contributed by atoms with Crippen LogP contribution in [0.2, 0.25) is 0 Å². The van der Waals surface area contributed by atoms with Crippen LogP contribution < -0.4 is 14.3 Å². The van der Waals surface area contributed by atoms with Gasteiger partial charge in [0, 0.05) is 13.7 Å². The molecule has 8 heteroatoms. The summed E-state index contributed by atoms with van der Waals surface area (Å²) in [6.07, 6.45) is -1.34. The van der Waals surface area contributed by atoms with E-state index < -0.39 is 18.1 Å². The van der Waals surface area contributed by atoms with Crippen LogP contribution in [0.15, 0.2) is 47.5 Å². The minimum absolute atomic E-state index is 0.334. The quantitative estimate of drug-likeness (QED) is 0.673. The van der Waals surface area contributed by atoms with Gasteiger partial charge in [0.15, 0.2) is 16.3 Å². The van der Waals surface area contributed by atoms with Crippen molar-refractivity contribution >= 4 is 27.5 Å². The minimum Gasteiger partial charge on any atom is -0.482 e. The number of amides is 1. The number of benzene rings is 2. The first-order chi connectivity index (χ1) is 13.6. The molecule has 0 bridgehead atoms. The number of rotatable bonds is 4. The summed E-state index contributed by atoms with van der Waals surface area (Å²) in [6, 6.07) is 11.7. The second-order valence-electron chi connectivity index (χ2n) is 6.40. The van der Waals surface area contributed by atoms with E-state index in [1.54, 1.807) is 32.2 Å². The molecule has 6 nitrogen and oxygen atoms in total. The molecular formula is C20H19FN2O4S. The molecule has 1 amide bonds. The standard InChI is InChI=1S/C20H19FN2O4S/c1-12-18(27-16-6-4-3-5-15(16)26-12)19(24)22-20-23(9-10-25-2)14-8-7-13(21)11-17(14)28-20/h3-8,11-12,18H,9-10H2,1-2H3. The number of thiazole rings is 1. The maximum atomic E-state index is 13.6. The van der Waals surface area contributed by atoms with E-state index in [1.165, 1.54) is 23.5 Å². The summed E-state index contributed by atoms with van der Waals surface area (Å²) in [5.41, 5.74) is 0.800. The molecule has 28 heavy (non-hydrogen) atoms. The number of ether oxygens (including phenoxy) is 3. The van der Waals surface area contributed by atoms with Crippen molar-refractivity contribution in [3.05, 3.63) is 53.1 Å². The molecule has 4 rings (SSSR count). The molecule has 0 N–H and O–H groups in total. The van der Waals surface area contributed by atoms with Crippen molar-refractivity contribution in [2.24, 2.45) is 4.99 Å². The van der Waals surface area contributed by atoms with Crippen LogP contribution in [0.25, 0.3) is 10.2 Å². The largest absolute Gasteiger partial charge is 0.482 e. The van der Waals surface area contributed by atoms with Gasteiger partial charge in [-0.3, -0.25) is 4.79 Å². The zero-order valence-electron chi connectivity index (χ0n) is 15.4. The Morgan fingerprint density at radius 3 is 2.75 bits per heavy atom. The first-order valence-electron chi connectivity index (χ1n) is 8.85. The maximum absolute atomic E-state index is 13.6. The van der Waals surface area contributed by atoms with Gasteiger partial charge in [0.1, 0.15) is 11.9 Å². The lowest BCUT2D eigenvalue weighted by Gasteiger charge is -2.29. The van der Waals surface area contributed by atoms with Gasteiger partial charge < -0.3 is 18.8 Å². The summed E-state index contributed by atoms with van der Waals surface area (Å²) in [4.78, 5) is 17.6. The summed E-state index contributed by atoms with van der Waals surface area (Å²) in [5.74, 6) is 0.339. The average Bonchev–Trinajstić information content (AvgIpc) is 3.01. The number of carbonyl (C=O) groups excluding carboxylic acids is 1. The van der Waals surface area contributed by atoms with Crippen LogP contribution in [-0.4, -0.2) is 36.4 Å². The van der Waals surface area contributed by atoms with Gasteiger partial charge in [-0.1, -0.05) is 23.5 Å². The Labute approximate surface area is 164 Å². The molecule has 1 aromatic heterocycles. The third-order valence-corrected chi connectivity index (χ3v) is 5.50. The molecule has 0 saturated heterocycles. The Hall–Kier alpha value is -2.71. The molecule has 3 aromatic rings. The van der Waals surface area contributed by atoms with E-state index in [0.717, 1.165) is 5.52 Å². The summed E-state index contributed by atoms with van der Waals surface area (Å²) >= 11 is 1.25. The van der Waals surface area contributed by atoms with Crippen LogP contribution in [0.1, 0.15) is 6.92 Å². The van der Waals surface area contributed by atoms with Gasteiger partial charge in [-0.25, -0.2) is 4.39 Å². The van der Waals surface area contributed by atoms with Crippen LogP contribution in [0, 0.1) is 5.82 Å². The Balaban J connectivity index is 1.71. The highest BCUT2D eigenvalue weighted by Crippen LogP contribution is 2.33. The van der Waals surface area contributed by atoms with Gasteiger partial charge in [0.2, 0.25) is 6.10 Å². The molecule has 146 valence electrons. The SMILES string of the molecule is COCCn1c(=NC(=O)C2Oc3ccccc3OC2C)sc2cc(F)ccc21. The molecule has 1 aliphatic rings. The number of carbonyl (C=O) groups is 1. The lowest BCUT2D eigenvalue weighted by Crippen LogP contribution is -2.43. The van der Waals surface area contributed by atoms with Gasteiger partial charge in [0.05, 0.1) is 16.8 Å². The molecule has 2 atom stereocenters. The lowest BCUT2D eigenvalue weighted by atomic mass is 10.1. The molecule has 0 saturated carbocycles. The first-order valence-corrected chi connectivity index (χ1v) is 9.67. The van der Waals surface area contributed by atoms with Crippen LogP contribution in [-0.2, 0) is 16.1 Å². The Kier molecular flexibility index (Phi) is 5.15. The van der Waals surface area contributed by atoms with Crippen molar-refractivity contribution in [1.82, 2.24) is 4.57 Å². The smallest absolute Gasteiger partial charge is 0.293 e. The Morgan fingerprint density at radius 1 is 1.25 bits per heavy atom. The zero-order chi connectivity index (χ0) is 19.7. The summed E-state index contributed by atoms with van der Waals surface area (Å²) in [6.45, 7) is 2.71. The highest BCUT2D eigenvalue weighted by molar-refractivity contribution is 7.16. The second-order valence-corrected chi connectivity index (χ2v) is 7.41. The summed E-state index contributed by atoms with van der Waals surface area (Å²) in [5, 5.41) is 0. The molecule has 1 aliphatic heterocycles. The van der Waals surface area contributed by atoms with Gasteiger partial charge >= 0.3 is 0 Å². The van der Waals surface area contributed by atoms with Gasteiger partial charge in [-0.15, -0.1) is 0 Å². The summed E-state index contributed by atoms with van der Waals surface area (Å²) in [7, 11) is 1.60. The molecule has 2 heterocycles. The number of halogens is 1. The van der Waals surface area contributed by atoms with Crippen molar-refractivity contribution < 1.29 is 23.4 Å². The van der Waals surface area contributed by atoms with Crippen molar-refractivity contribution in [2.75, 3.05) is 13.7 Å². The zero-order valence-corrected chi connectivity index (χ0v) is 16.2. The Morgan fingerprint density at radius 2 is 2.00 bits per heavy atom. The van der Waals surface area contributed by atoms with Gasteiger partial charge in [-0.2, -0.15) is 4.99 Å². The molecule has 0 spiro atoms. The number of hydrogen-bond acceptors (Lipinski definition) is 5. The number of para-hydroxylation sites is 2. The monoisotopic (exact) mass is 402 g/mol. The molecule has 2 aromatic carbocycles. The topological polar surface area (TPSA) is 62.1 Å². The fourth-order valence-electron chi connectivity index (χ4n) is 3.08. The minimum atomic E-state index is -0.854. The molecule has 0 radical (unpaired) electrons. The van der Waals surface area contributed by atoms with Crippen LogP contribution in [0.3, 0.4) is 0 Å². The first kappa shape index (κ1) is 18.6. The highest BCUT2D eigenvalue weighted by atomic mass is 32.1. The van der Waals surface area contributed by atoms with Gasteiger partial charge in [-0.05, 0) is 37.3 Å². The van der Waals surface area contributed by atoms with E-state index >= 15 is 0 Å². The molecule has 0 fully saturated rings. The van der Waals surface area contributed by atoms with E-state index in [1.807, 2.05) is 16.7 Å². The normalized spacial score (nSPS) is 19.2. The fraction of sp³-hybridized carbons (Fsp3) is 0.300. The van der Waals surface area contributed by atoms with Gasteiger partial charge in [0.25, 0.3) is 5.91 Å². The van der Waals surface area contributed by atoms with Crippen molar-refractivity contribution in [3.63, 3.8) is 0 Å². The third kappa shape index (κ3) is 3.53. The fourth-order valence-corrected chi connectivity index (χ4v) is 4.17. The number of methoxy groups -OCH3 is 1. The third-order valence-electron chi connectivity index (χ3n) is 4.46. The predicted octanol–water partition coefficient (Wildman–Crippen LogP) is 3.14. The van der Waals surface area contributed by atoms with E-state index in [9.17, 15) is 9.18 Å². The molecule has 2 unspecified atom stereocenters. The van der Waals surface area contributed by atoms with Crippen LogP contribution in [0.4, 0.5) is 4.39 Å². The van der Waals surface area contributed by atoms with Crippen molar-refractivity contribution in [3.8, 4) is 11.5 Å². The average molecular weight is 402 g/mol. The predicted molar refractivity (Wildman–Crippen MR) is 103 cm³/mol. The van der Waals surface area contributed by atoms with E-state index in [4.69, 9.17) is 14.2 Å². The number of aromatic nitrogens is 1. The van der Waals surface area contributed by atoms with Crippen LogP contribution in [0.5, 0.6) is 11.5 Å². The number of fused-ring (bicyclic) bond motifs is 2. The Bertz CT molecular complexity index is 1090. The molecular weight excluding hydrogens is 383 g/mol. The van der Waals surface area contributed by atoms with Crippen LogP contribution >= 0.6 is 11.3 Å². The van der Waals surface area contributed by atoms with E-state index in [0.29, 0.717) is 34.2 Å². The maximum Gasteiger partial charge on any atom is 0.293 e. The van der Waals surface area contributed by atoms with E-state index in [2.05, 4.69) is 4.99 Å². The lowest BCUT2D eigenvalue weighted by molar-refractivity contribution is -0.130. The van der Waals surface area contributed by atoms with Crippen molar-refractivity contribution in [2.45, 2.75) is 25.7 Å². The summed E-state index contributed by atoms with van der Waals surface area (Å²) < 4.78 is 33.0. The van der Waals surface area contributed by atoms with Crippen molar-refractivity contribution in [1.29, 1.82) is 0 Å². The number of nitrogens with zero attached hydrogens (tertiary/aromatic N) is 2. The number of hydrogen-bond donors (Lipinski definition) is 0.